The van der Waals surface area contributed by atoms with Gasteiger partial charge >= 0.3 is 0 Å². The van der Waals surface area contributed by atoms with Gasteiger partial charge < -0.3 is 15.2 Å². The van der Waals surface area contributed by atoms with Gasteiger partial charge in [-0.2, -0.15) is 0 Å². The minimum atomic E-state index is 0.527. The number of likely N-dealkylation sites (N-methyl/N-ethyl adjacent to an activating group) is 1. The molecule has 0 radical (unpaired) electrons. The molecule has 0 aliphatic carbocycles. The number of aromatic amines is 1. The van der Waals surface area contributed by atoms with E-state index in [9.17, 15) is 0 Å². The van der Waals surface area contributed by atoms with Crippen molar-refractivity contribution >= 4 is 17.0 Å². The van der Waals surface area contributed by atoms with Gasteiger partial charge in [-0.25, -0.2) is 4.98 Å². The van der Waals surface area contributed by atoms with Gasteiger partial charge in [-0.1, -0.05) is 26.0 Å². The molecule has 92 valence electrons. The molecular formula is C13H20N4. The number of imidazole rings is 1. The maximum atomic E-state index is 4.55. The minimum absolute atomic E-state index is 0.527. The second-order valence-corrected chi connectivity index (χ2v) is 4.61. The molecule has 0 atom stereocenters. The fourth-order valence-corrected chi connectivity index (χ4v) is 1.75. The van der Waals surface area contributed by atoms with Gasteiger partial charge in [0, 0.05) is 26.2 Å². The molecular weight excluding hydrogens is 212 g/mol. The molecule has 1 aromatic heterocycles. The molecule has 0 spiro atoms. The Bertz CT molecular complexity index is 442. The van der Waals surface area contributed by atoms with Crippen LogP contribution in [0, 0.1) is 0 Å². The summed E-state index contributed by atoms with van der Waals surface area (Å²) in [4.78, 5) is 10.0. The van der Waals surface area contributed by atoms with Crippen LogP contribution in [0.15, 0.2) is 24.3 Å². The zero-order valence-electron chi connectivity index (χ0n) is 10.7. The van der Waals surface area contributed by atoms with E-state index in [-0.39, 0.29) is 0 Å². The number of aromatic nitrogens is 2. The second kappa shape index (κ2) is 5.19. The van der Waals surface area contributed by atoms with E-state index in [1.54, 1.807) is 0 Å². The molecule has 17 heavy (non-hydrogen) atoms. The summed E-state index contributed by atoms with van der Waals surface area (Å²) in [6.07, 6.45) is 0. The maximum Gasteiger partial charge on any atom is 0.203 e. The summed E-state index contributed by atoms with van der Waals surface area (Å²) < 4.78 is 0. The molecule has 1 heterocycles. The Morgan fingerprint density at radius 2 is 2.12 bits per heavy atom. The standard InChI is InChI=1S/C13H20N4/c1-10(2)14-8-9-17(3)13-15-11-6-4-5-7-12(11)16-13/h4-7,10,14H,8-9H2,1-3H3,(H,15,16). The van der Waals surface area contributed by atoms with Crippen LogP contribution in [-0.4, -0.2) is 36.1 Å². The van der Waals surface area contributed by atoms with Crippen molar-refractivity contribution in [2.24, 2.45) is 0 Å². The lowest BCUT2D eigenvalue weighted by molar-refractivity contribution is 0.587. The summed E-state index contributed by atoms with van der Waals surface area (Å²) in [7, 11) is 2.06. The van der Waals surface area contributed by atoms with Gasteiger partial charge in [0.05, 0.1) is 11.0 Å². The van der Waals surface area contributed by atoms with Crippen molar-refractivity contribution in [2.75, 3.05) is 25.0 Å². The molecule has 0 bridgehead atoms. The molecule has 2 N–H and O–H groups in total. The van der Waals surface area contributed by atoms with Crippen LogP contribution in [0.1, 0.15) is 13.8 Å². The average Bonchev–Trinajstić information content (AvgIpc) is 2.71. The third-order valence-corrected chi connectivity index (χ3v) is 2.74. The Labute approximate surface area is 102 Å². The number of nitrogens with one attached hydrogen (secondary N) is 2. The normalized spacial score (nSPS) is 11.3. The molecule has 2 aromatic rings. The molecule has 0 unspecified atom stereocenters. The van der Waals surface area contributed by atoms with E-state index in [0.717, 1.165) is 30.1 Å². The quantitative estimate of drug-likeness (QED) is 0.828. The van der Waals surface area contributed by atoms with Crippen LogP contribution in [0.3, 0.4) is 0 Å². The Hall–Kier alpha value is -1.55. The van der Waals surface area contributed by atoms with Crippen LogP contribution in [0.4, 0.5) is 5.95 Å². The summed E-state index contributed by atoms with van der Waals surface area (Å²) in [5, 5.41) is 3.40. The predicted octanol–water partition coefficient (Wildman–Crippen LogP) is 2.00. The summed E-state index contributed by atoms with van der Waals surface area (Å²) >= 11 is 0. The van der Waals surface area contributed by atoms with Crippen molar-refractivity contribution in [3.05, 3.63) is 24.3 Å². The molecule has 0 amide bonds. The maximum absolute atomic E-state index is 4.55. The SMILES string of the molecule is CC(C)NCCN(C)c1nc2ccccc2[nH]1. The summed E-state index contributed by atoms with van der Waals surface area (Å²) in [5.41, 5.74) is 2.11. The van der Waals surface area contributed by atoms with Gasteiger partial charge in [0.1, 0.15) is 0 Å². The van der Waals surface area contributed by atoms with Gasteiger partial charge in [-0.05, 0) is 12.1 Å². The van der Waals surface area contributed by atoms with Crippen LogP contribution in [-0.2, 0) is 0 Å². The number of hydrogen-bond acceptors (Lipinski definition) is 3. The van der Waals surface area contributed by atoms with Crippen molar-refractivity contribution in [1.82, 2.24) is 15.3 Å². The number of anilines is 1. The molecule has 0 saturated carbocycles. The molecule has 1 aromatic carbocycles. The fourth-order valence-electron chi connectivity index (χ4n) is 1.75. The highest BCUT2D eigenvalue weighted by molar-refractivity contribution is 5.77. The van der Waals surface area contributed by atoms with Gasteiger partial charge in [0.15, 0.2) is 0 Å². The number of fused-ring (bicyclic) bond motifs is 1. The Morgan fingerprint density at radius 1 is 1.35 bits per heavy atom. The lowest BCUT2D eigenvalue weighted by Crippen LogP contribution is -2.33. The molecule has 2 rings (SSSR count). The molecule has 4 nitrogen and oxygen atoms in total. The summed E-state index contributed by atoms with van der Waals surface area (Å²) in [5.74, 6) is 0.928. The molecule has 0 aliphatic rings. The smallest absolute Gasteiger partial charge is 0.203 e. The van der Waals surface area contributed by atoms with Gasteiger partial charge in [-0.3, -0.25) is 0 Å². The largest absolute Gasteiger partial charge is 0.344 e. The Morgan fingerprint density at radius 3 is 2.82 bits per heavy atom. The summed E-state index contributed by atoms with van der Waals surface area (Å²) in [6, 6.07) is 8.62. The third kappa shape index (κ3) is 2.97. The van der Waals surface area contributed by atoms with Crippen LogP contribution in [0.25, 0.3) is 11.0 Å². The van der Waals surface area contributed by atoms with Crippen LogP contribution < -0.4 is 10.2 Å². The first-order valence-corrected chi connectivity index (χ1v) is 6.06. The molecule has 0 fully saturated rings. The number of hydrogen-bond donors (Lipinski definition) is 2. The lowest BCUT2D eigenvalue weighted by atomic mass is 10.3. The first kappa shape index (κ1) is 11.9. The van der Waals surface area contributed by atoms with Crippen molar-refractivity contribution in [3.8, 4) is 0 Å². The highest BCUT2D eigenvalue weighted by Gasteiger charge is 2.06. The summed E-state index contributed by atoms with van der Waals surface area (Å²) in [6.45, 7) is 6.21. The lowest BCUT2D eigenvalue weighted by Gasteiger charge is -2.17. The first-order valence-electron chi connectivity index (χ1n) is 6.06. The fraction of sp³-hybridized carbons (Fsp3) is 0.462. The van der Waals surface area contributed by atoms with E-state index in [1.165, 1.54) is 0 Å². The highest BCUT2D eigenvalue weighted by Crippen LogP contribution is 2.15. The van der Waals surface area contributed by atoms with Crippen molar-refractivity contribution in [2.45, 2.75) is 19.9 Å². The van der Waals surface area contributed by atoms with Crippen LogP contribution in [0.5, 0.6) is 0 Å². The van der Waals surface area contributed by atoms with Gasteiger partial charge in [0.25, 0.3) is 0 Å². The Balaban J connectivity index is 2.01. The topological polar surface area (TPSA) is 44.0 Å². The van der Waals surface area contributed by atoms with E-state index in [0.29, 0.717) is 6.04 Å². The minimum Gasteiger partial charge on any atom is -0.344 e. The van der Waals surface area contributed by atoms with E-state index in [1.807, 2.05) is 24.3 Å². The zero-order valence-corrected chi connectivity index (χ0v) is 10.7. The van der Waals surface area contributed by atoms with E-state index < -0.39 is 0 Å². The molecule has 0 aliphatic heterocycles. The zero-order chi connectivity index (χ0) is 12.3. The van der Waals surface area contributed by atoms with Crippen molar-refractivity contribution in [1.29, 1.82) is 0 Å². The van der Waals surface area contributed by atoms with Crippen LogP contribution in [0.2, 0.25) is 0 Å². The molecule has 0 saturated heterocycles. The van der Waals surface area contributed by atoms with Gasteiger partial charge in [0.2, 0.25) is 5.95 Å². The van der Waals surface area contributed by atoms with Crippen LogP contribution >= 0.6 is 0 Å². The van der Waals surface area contributed by atoms with E-state index in [2.05, 4.69) is 41.1 Å². The highest BCUT2D eigenvalue weighted by atomic mass is 15.2. The number of H-pyrrole nitrogens is 1. The monoisotopic (exact) mass is 232 g/mol. The van der Waals surface area contributed by atoms with E-state index >= 15 is 0 Å². The first-order chi connectivity index (χ1) is 8.16. The number of para-hydroxylation sites is 2. The number of nitrogens with zero attached hydrogens (tertiary/aromatic N) is 2. The van der Waals surface area contributed by atoms with Crippen molar-refractivity contribution in [3.63, 3.8) is 0 Å². The second-order valence-electron chi connectivity index (χ2n) is 4.61. The van der Waals surface area contributed by atoms with E-state index in [4.69, 9.17) is 0 Å². The number of rotatable bonds is 5. The molecule has 4 heteroatoms. The number of benzene rings is 1. The average molecular weight is 232 g/mol. The van der Waals surface area contributed by atoms with Crippen molar-refractivity contribution < 1.29 is 0 Å². The Kier molecular flexibility index (Phi) is 3.64. The third-order valence-electron chi connectivity index (χ3n) is 2.74. The predicted molar refractivity (Wildman–Crippen MR) is 72.5 cm³/mol. The van der Waals surface area contributed by atoms with Gasteiger partial charge in [-0.15, -0.1) is 0 Å².